The van der Waals surface area contributed by atoms with Crippen molar-refractivity contribution in [2.45, 2.75) is 11.8 Å². The van der Waals surface area contributed by atoms with E-state index in [4.69, 9.17) is 0 Å². The van der Waals surface area contributed by atoms with Crippen molar-refractivity contribution >= 4 is 37.4 Å². The number of aryl methyl sites for hydroxylation is 1. The van der Waals surface area contributed by atoms with Crippen molar-refractivity contribution in [3.8, 4) is 10.6 Å². The fraction of sp³-hybridized carbons (Fsp3) is 0.118. The summed E-state index contributed by atoms with van der Waals surface area (Å²) in [4.78, 5) is 9.89. The maximum absolute atomic E-state index is 12.6. The maximum Gasteiger partial charge on any atom is 0.265 e. The molecule has 7 nitrogen and oxygen atoms in total. The predicted molar refractivity (Wildman–Crippen MR) is 102 cm³/mol. The molecule has 0 aliphatic rings. The molecule has 0 spiro atoms. The lowest BCUT2D eigenvalue weighted by Gasteiger charge is -2.11. The molecule has 3 aromatic heterocycles. The van der Waals surface area contributed by atoms with Crippen LogP contribution in [0.5, 0.6) is 0 Å². The molecule has 0 aliphatic carbocycles. The highest BCUT2D eigenvalue weighted by Gasteiger charge is 2.19. The molecule has 0 saturated heterocycles. The lowest BCUT2D eigenvalue weighted by molar-refractivity contribution is 0.601. The zero-order chi connectivity index (χ0) is 18.3. The van der Waals surface area contributed by atoms with Crippen molar-refractivity contribution < 1.29 is 8.42 Å². The molecule has 0 amide bonds. The summed E-state index contributed by atoms with van der Waals surface area (Å²) in [6.07, 6.45) is 4.51. The van der Waals surface area contributed by atoms with Gasteiger partial charge < -0.3 is 0 Å². The summed E-state index contributed by atoms with van der Waals surface area (Å²) in [5.41, 5.74) is 3.02. The smallest absolute Gasteiger partial charge is 0.265 e. The molecule has 1 aromatic carbocycles. The largest absolute Gasteiger partial charge is 0.279 e. The standard InChI is InChI=1S/C17H15N5O2S2/c1-11-13(16-20-15-7-4-8-18-17(15)25-16)5-3-6-14(11)21-26(23,24)12-9-19-22(2)10-12/h3-10,21H,1-2H3. The Balaban J connectivity index is 1.74. The summed E-state index contributed by atoms with van der Waals surface area (Å²) in [5.74, 6) is 0. The highest BCUT2D eigenvalue weighted by molar-refractivity contribution is 7.92. The van der Waals surface area contributed by atoms with Crippen LogP contribution in [0.15, 0.2) is 53.8 Å². The second-order valence-electron chi connectivity index (χ2n) is 5.78. The Kier molecular flexibility index (Phi) is 3.97. The molecule has 4 aromatic rings. The van der Waals surface area contributed by atoms with E-state index in [2.05, 4.69) is 19.8 Å². The number of aromatic nitrogens is 4. The van der Waals surface area contributed by atoms with Crippen LogP contribution in [0.2, 0.25) is 0 Å². The predicted octanol–water partition coefficient (Wildman–Crippen LogP) is 3.20. The molecular formula is C17H15N5O2S2. The lowest BCUT2D eigenvalue weighted by atomic mass is 10.1. The third-order valence-corrected chi connectivity index (χ3v) is 6.30. The Morgan fingerprint density at radius 2 is 2.04 bits per heavy atom. The number of anilines is 1. The second-order valence-corrected chi connectivity index (χ2v) is 8.44. The molecule has 0 fully saturated rings. The summed E-state index contributed by atoms with van der Waals surface area (Å²) in [6, 6.07) is 9.22. The van der Waals surface area contributed by atoms with Crippen LogP contribution in [0.3, 0.4) is 0 Å². The third-order valence-electron chi connectivity index (χ3n) is 3.97. The van der Waals surface area contributed by atoms with Crippen molar-refractivity contribution in [3.63, 3.8) is 0 Å². The van der Waals surface area contributed by atoms with Gasteiger partial charge in [0.2, 0.25) is 0 Å². The Hall–Kier alpha value is -2.78. The first-order chi connectivity index (χ1) is 12.4. The second kappa shape index (κ2) is 6.19. The molecule has 0 aliphatic heterocycles. The number of rotatable bonds is 4. The first-order valence-corrected chi connectivity index (χ1v) is 10.1. The number of pyridine rings is 1. The van der Waals surface area contributed by atoms with Gasteiger partial charge in [0, 0.05) is 25.0 Å². The summed E-state index contributed by atoms with van der Waals surface area (Å²) in [7, 11) is -2.03. The van der Waals surface area contributed by atoms with Crippen molar-refractivity contribution in [3.05, 3.63) is 54.5 Å². The molecule has 3 heterocycles. The van der Waals surface area contributed by atoms with Crippen molar-refractivity contribution in [2.75, 3.05) is 4.72 Å². The van der Waals surface area contributed by atoms with E-state index in [1.807, 2.05) is 31.2 Å². The van der Waals surface area contributed by atoms with Crippen LogP contribution in [-0.2, 0) is 17.1 Å². The summed E-state index contributed by atoms with van der Waals surface area (Å²) >= 11 is 1.48. The van der Waals surface area contributed by atoms with E-state index in [0.29, 0.717) is 5.69 Å². The number of hydrogen-bond donors (Lipinski definition) is 1. The number of nitrogens with one attached hydrogen (secondary N) is 1. The van der Waals surface area contributed by atoms with Gasteiger partial charge in [-0.05, 0) is 30.7 Å². The molecule has 0 radical (unpaired) electrons. The first-order valence-electron chi connectivity index (χ1n) is 7.77. The Bertz CT molecular complexity index is 1180. The molecule has 0 unspecified atom stereocenters. The minimum atomic E-state index is -3.70. The Morgan fingerprint density at radius 3 is 2.77 bits per heavy atom. The number of sulfonamides is 1. The fourth-order valence-corrected chi connectivity index (χ4v) is 4.70. The van der Waals surface area contributed by atoms with E-state index >= 15 is 0 Å². The van der Waals surface area contributed by atoms with E-state index in [0.717, 1.165) is 26.5 Å². The van der Waals surface area contributed by atoms with Crippen LogP contribution in [-0.4, -0.2) is 28.2 Å². The first kappa shape index (κ1) is 16.7. The summed E-state index contributed by atoms with van der Waals surface area (Å²) < 4.78 is 29.2. The van der Waals surface area contributed by atoms with Gasteiger partial charge in [-0.1, -0.05) is 23.5 Å². The van der Waals surface area contributed by atoms with Crippen LogP contribution in [0.1, 0.15) is 5.56 Å². The average Bonchev–Trinajstić information content (AvgIpc) is 3.23. The minimum absolute atomic E-state index is 0.119. The Labute approximate surface area is 154 Å². The van der Waals surface area contributed by atoms with Gasteiger partial charge in [-0.2, -0.15) is 5.10 Å². The molecule has 0 atom stereocenters. The van der Waals surface area contributed by atoms with E-state index in [1.165, 1.54) is 28.4 Å². The molecule has 132 valence electrons. The van der Waals surface area contributed by atoms with Gasteiger partial charge in [0.15, 0.2) is 0 Å². The molecule has 0 saturated carbocycles. The van der Waals surface area contributed by atoms with Crippen LogP contribution < -0.4 is 4.72 Å². The average molecular weight is 385 g/mol. The van der Waals surface area contributed by atoms with E-state index in [1.54, 1.807) is 19.3 Å². The highest BCUT2D eigenvalue weighted by atomic mass is 32.2. The van der Waals surface area contributed by atoms with Gasteiger partial charge in [-0.15, -0.1) is 0 Å². The molecule has 4 rings (SSSR count). The number of thiazole rings is 1. The zero-order valence-electron chi connectivity index (χ0n) is 14.0. The maximum atomic E-state index is 12.6. The normalized spacial score (nSPS) is 11.8. The Morgan fingerprint density at radius 1 is 1.19 bits per heavy atom. The molecule has 1 N–H and O–H groups in total. The van der Waals surface area contributed by atoms with Gasteiger partial charge in [-0.25, -0.2) is 18.4 Å². The number of nitrogens with zero attached hydrogens (tertiary/aromatic N) is 4. The number of benzene rings is 1. The SMILES string of the molecule is Cc1c(NS(=O)(=O)c2cnn(C)c2)cccc1-c1nc2cccnc2s1. The molecular weight excluding hydrogens is 370 g/mol. The van der Waals surface area contributed by atoms with E-state index in [-0.39, 0.29) is 4.90 Å². The van der Waals surface area contributed by atoms with Crippen LogP contribution >= 0.6 is 11.3 Å². The fourth-order valence-electron chi connectivity index (χ4n) is 2.60. The lowest BCUT2D eigenvalue weighted by Crippen LogP contribution is -2.13. The van der Waals surface area contributed by atoms with Crippen molar-refractivity contribution in [1.29, 1.82) is 0 Å². The number of hydrogen-bond acceptors (Lipinski definition) is 6. The van der Waals surface area contributed by atoms with E-state index < -0.39 is 10.0 Å². The van der Waals surface area contributed by atoms with Gasteiger partial charge in [-0.3, -0.25) is 9.40 Å². The van der Waals surface area contributed by atoms with Crippen LogP contribution in [0, 0.1) is 6.92 Å². The molecule has 26 heavy (non-hydrogen) atoms. The van der Waals surface area contributed by atoms with Crippen LogP contribution in [0.25, 0.3) is 20.9 Å². The van der Waals surface area contributed by atoms with Gasteiger partial charge in [0.05, 0.1) is 11.9 Å². The van der Waals surface area contributed by atoms with E-state index in [9.17, 15) is 8.42 Å². The zero-order valence-corrected chi connectivity index (χ0v) is 15.7. The summed E-state index contributed by atoms with van der Waals surface area (Å²) in [6.45, 7) is 1.87. The van der Waals surface area contributed by atoms with Gasteiger partial charge >= 0.3 is 0 Å². The summed E-state index contributed by atoms with van der Waals surface area (Å²) in [5, 5.41) is 4.72. The minimum Gasteiger partial charge on any atom is -0.279 e. The molecule has 9 heteroatoms. The molecule has 0 bridgehead atoms. The van der Waals surface area contributed by atoms with Crippen molar-refractivity contribution in [2.24, 2.45) is 7.05 Å². The third kappa shape index (κ3) is 2.95. The van der Waals surface area contributed by atoms with Gasteiger partial charge in [0.25, 0.3) is 10.0 Å². The van der Waals surface area contributed by atoms with Crippen molar-refractivity contribution in [1.82, 2.24) is 19.7 Å². The quantitative estimate of drug-likeness (QED) is 0.583. The van der Waals surface area contributed by atoms with Crippen LogP contribution in [0.4, 0.5) is 5.69 Å². The number of fused-ring (bicyclic) bond motifs is 1. The highest BCUT2D eigenvalue weighted by Crippen LogP contribution is 2.34. The van der Waals surface area contributed by atoms with Gasteiger partial charge in [0.1, 0.15) is 20.3 Å². The monoisotopic (exact) mass is 385 g/mol. The topological polar surface area (TPSA) is 89.8 Å².